The Labute approximate surface area is 148 Å². The third-order valence-corrected chi connectivity index (χ3v) is 3.87. The van der Waals surface area contributed by atoms with Gasteiger partial charge in [-0.1, -0.05) is 32.8 Å². The van der Waals surface area contributed by atoms with Gasteiger partial charge in [0, 0.05) is 23.7 Å². The molecule has 0 saturated heterocycles. The molecule has 7 heteroatoms. The summed E-state index contributed by atoms with van der Waals surface area (Å²) in [5.41, 5.74) is -0.0117. The van der Waals surface area contributed by atoms with Crippen LogP contribution in [-0.4, -0.2) is 28.8 Å². The van der Waals surface area contributed by atoms with Crippen LogP contribution in [0.4, 0.5) is 5.69 Å². The molecule has 0 heterocycles. The highest BCUT2D eigenvalue weighted by molar-refractivity contribution is 5.97. The van der Waals surface area contributed by atoms with E-state index in [1.54, 1.807) is 6.92 Å². The topological polar surface area (TPSA) is 101 Å². The molecular weight excluding hydrogens is 322 g/mol. The van der Waals surface area contributed by atoms with Crippen LogP contribution in [0.1, 0.15) is 57.3 Å². The SMILES string of the molecule is CC(C)CCCC(C)NC(=O)C(C)NC(=O)c1cccc([N+](=O)[O-])c1. The second-order valence-electron chi connectivity index (χ2n) is 6.74. The standard InChI is InChI=1S/C18H27N3O4/c1-12(2)7-5-8-13(3)19-17(22)14(4)20-18(23)15-9-6-10-16(11-15)21(24)25/h6,9-14H,5,7-8H2,1-4H3,(H,19,22)(H,20,23). The zero-order valence-corrected chi connectivity index (χ0v) is 15.2. The van der Waals surface area contributed by atoms with E-state index < -0.39 is 16.9 Å². The van der Waals surface area contributed by atoms with Crippen LogP contribution < -0.4 is 10.6 Å². The van der Waals surface area contributed by atoms with E-state index in [4.69, 9.17) is 0 Å². The molecule has 0 aliphatic rings. The number of benzene rings is 1. The van der Waals surface area contributed by atoms with Crippen LogP contribution in [0, 0.1) is 16.0 Å². The van der Waals surface area contributed by atoms with Crippen LogP contribution in [-0.2, 0) is 4.79 Å². The van der Waals surface area contributed by atoms with E-state index in [1.807, 2.05) is 6.92 Å². The maximum absolute atomic E-state index is 12.2. The van der Waals surface area contributed by atoms with Crippen molar-refractivity contribution in [3.05, 3.63) is 39.9 Å². The number of carbonyl (C=O) groups excluding carboxylic acids is 2. The maximum Gasteiger partial charge on any atom is 0.270 e. The van der Waals surface area contributed by atoms with E-state index in [0.717, 1.165) is 19.3 Å². The minimum Gasteiger partial charge on any atom is -0.352 e. The fourth-order valence-electron chi connectivity index (χ4n) is 2.38. The summed E-state index contributed by atoms with van der Waals surface area (Å²) < 4.78 is 0. The molecule has 0 aromatic heterocycles. The van der Waals surface area contributed by atoms with Crippen molar-refractivity contribution in [3.8, 4) is 0 Å². The highest BCUT2D eigenvalue weighted by Gasteiger charge is 2.19. The van der Waals surface area contributed by atoms with Gasteiger partial charge in [-0.2, -0.15) is 0 Å². The average molecular weight is 349 g/mol. The lowest BCUT2D eigenvalue weighted by atomic mass is 10.0. The molecule has 1 aromatic rings. The third-order valence-electron chi connectivity index (χ3n) is 3.87. The fourth-order valence-corrected chi connectivity index (χ4v) is 2.38. The summed E-state index contributed by atoms with van der Waals surface area (Å²) in [5, 5.41) is 16.2. The minimum absolute atomic E-state index is 0.0309. The lowest BCUT2D eigenvalue weighted by Crippen LogP contribution is -2.47. The largest absolute Gasteiger partial charge is 0.352 e. The lowest BCUT2D eigenvalue weighted by molar-refractivity contribution is -0.384. The van der Waals surface area contributed by atoms with Crippen LogP contribution in [0.5, 0.6) is 0 Å². The van der Waals surface area contributed by atoms with Crippen LogP contribution in [0.15, 0.2) is 24.3 Å². The van der Waals surface area contributed by atoms with Gasteiger partial charge in [-0.05, 0) is 32.3 Å². The fraction of sp³-hybridized carbons (Fsp3) is 0.556. The van der Waals surface area contributed by atoms with Gasteiger partial charge in [-0.3, -0.25) is 19.7 Å². The molecule has 0 spiro atoms. The molecule has 0 aliphatic heterocycles. The van der Waals surface area contributed by atoms with Crippen molar-refractivity contribution in [2.75, 3.05) is 0 Å². The minimum atomic E-state index is -0.723. The van der Waals surface area contributed by atoms with Gasteiger partial charge in [-0.25, -0.2) is 0 Å². The van der Waals surface area contributed by atoms with Crippen molar-refractivity contribution >= 4 is 17.5 Å². The quantitative estimate of drug-likeness (QED) is 0.528. The molecule has 7 nitrogen and oxygen atoms in total. The first-order chi connectivity index (χ1) is 11.7. The number of amides is 2. The van der Waals surface area contributed by atoms with E-state index in [9.17, 15) is 19.7 Å². The highest BCUT2D eigenvalue weighted by atomic mass is 16.6. The number of rotatable bonds is 9. The van der Waals surface area contributed by atoms with E-state index >= 15 is 0 Å². The van der Waals surface area contributed by atoms with Gasteiger partial charge in [0.05, 0.1) is 4.92 Å². The molecule has 0 bridgehead atoms. The number of nitro groups is 1. The second kappa shape index (κ2) is 9.76. The first-order valence-electron chi connectivity index (χ1n) is 8.56. The summed E-state index contributed by atoms with van der Waals surface area (Å²) in [6.07, 6.45) is 3.03. The van der Waals surface area contributed by atoms with Gasteiger partial charge in [0.15, 0.2) is 0 Å². The first-order valence-corrected chi connectivity index (χ1v) is 8.56. The summed E-state index contributed by atoms with van der Waals surface area (Å²) >= 11 is 0. The molecule has 2 atom stereocenters. The number of non-ortho nitro benzene ring substituents is 1. The molecule has 2 amide bonds. The summed E-state index contributed by atoms with van der Waals surface area (Å²) in [6, 6.07) is 4.72. The average Bonchev–Trinajstić information content (AvgIpc) is 2.54. The van der Waals surface area contributed by atoms with Gasteiger partial charge in [-0.15, -0.1) is 0 Å². The summed E-state index contributed by atoms with van der Waals surface area (Å²) in [4.78, 5) is 34.5. The second-order valence-corrected chi connectivity index (χ2v) is 6.74. The van der Waals surface area contributed by atoms with E-state index in [1.165, 1.54) is 24.3 Å². The molecule has 0 fully saturated rings. The Morgan fingerprint density at radius 1 is 1.12 bits per heavy atom. The predicted molar refractivity (Wildman–Crippen MR) is 96.3 cm³/mol. The predicted octanol–water partition coefficient (Wildman–Crippen LogP) is 3.04. The molecule has 2 unspecified atom stereocenters. The van der Waals surface area contributed by atoms with Crippen LogP contribution in [0.2, 0.25) is 0 Å². The van der Waals surface area contributed by atoms with Crippen molar-refractivity contribution in [1.29, 1.82) is 0 Å². The Morgan fingerprint density at radius 3 is 2.40 bits per heavy atom. The molecule has 1 aromatic carbocycles. The van der Waals surface area contributed by atoms with Crippen molar-refractivity contribution in [2.24, 2.45) is 5.92 Å². The maximum atomic E-state index is 12.2. The van der Waals surface area contributed by atoms with Gasteiger partial charge < -0.3 is 10.6 Å². The normalized spacial score (nSPS) is 13.2. The molecule has 1 rings (SSSR count). The number of carbonyl (C=O) groups is 2. The third kappa shape index (κ3) is 7.32. The van der Waals surface area contributed by atoms with Crippen LogP contribution >= 0.6 is 0 Å². The van der Waals surface area contributed by atoms with Crippen LogP contribution in [0.3, 0.4) is 0 Å². The van der Waals surface area contributed by atoms with Gasteiger partial charge in [0.25, 0.3) is 11.6 Å². The first kappa shape index (κ1) is 20.6. The summed E-state index contributed by atoms with van der Waals surface area (Å²) in [6.45, 7) is 7.85. The van der Waals surface area contributed by atoms with Crippen LogP contribution in [0.25, 0.3) is 0 Å². The van der Waals surface area contributed by atoms with E-state index in [2.05, 4.69) is 24.5 Å². The lowest BCUT2D eigenvalue weighted by Gasteiger charge is -2.19. The molecule has 138 valence electrons. The molecular formula is C18H27N3O4. The Hall–Kier alpha value is -2.44. The molecule has 0 radical (unpaired) electrons. The Morgan fingerprint density at radius 2 is 1.80 bits per heavy atom. The van der Waals surface area contributed by atoms with Crippen molar-refractivity contribution < 1.29 is 14.5 Å². The molecule has 0 saturated carbocycles. The molecule has 2 N–H and O–H groups in total. The highest BCUT2D eigenvalue weighted by Crippen LogP contribution is 2.13. The molecule has 25 heavy (non-hydrogen) atoms. The monoisotopic (exact) mass is 349 g/mol. The van der Waals surface area contributed by atoms with Crippen molar-refractivity contribution in [2.45, 2.75) is 59.0 Å². The zero-order chi connectivity index (χ0) is 19.0. The number of hydrogen-bond acceptors (Lipinski definition) is 4. The number of nitrogens with one attached hydrogen (secondary N) is 2. The molecule has 0 aliphatic carbocycles. The number of nitro benzene ring substituents is 1. The Kier molecular flexibility index (Phi) is 8.04. The Bertz CT molecular complexity index is 616. The summed E-state index contributed by atoms with van der Waals surface area (Å²) in [7, 11) is 0. The number of nitrogens with zero attached hydrogens (tertiary/aromatic N) is 1. The number of hydrogen-bond donors (Lipinski definition) is 2. The zero-order valence-electron chi connectivity index (χ0n) is 15.2. The smallest absolute Gasteiger partial charge is 0.270 e. The van der Waals surface area contributed by atoms with Gasteiger partial charge in [0.2, 0.25) is 5.91 Å². The van der Waals surface area contributed by atoms with E-state index in [0.29, 0.717) is 5.92 Å². The Balaban J connectivity index is 2.52. The van der Waals surface area contributed by atoms with Gasteiger partial charge >= 0.3 is 0 Å². The van der Waals surface area contributed by atoms with Crippen molar-refractivity contribution in [3.63, 3.8) is 0 Å². The van der Waals surface area contributed by atoms with Crippen molar-refractivity contribution in [1.82, 2.24) is 10.6 Å². The van der Waals surface area contributed by atoms with E-state index in [-0.39, 0.29) is 23.2 Å². The summed E-state index contributed by atoms with van der Waals surface area (Å²) in [5.74, 6) is -0.148. The van der Waals surface area contributed by atoms with Gasteiger partial charge in [0.1, 0.15) is 6.04 Å².